The molecule has 0 aliphatic carbocycles. The van der Waals surface area contributed by atoms with Crippen molar-refractivity contribution in [2.45, 2.75) is 121 Å². The van der Waals surface area contributed by atoms with Crippen LogP contribution in [0.15, 0.2) is 0 Å². The van der Waals surface area contributed by atoms with E-state index in [0.29, 0.717) is 6.61 Å². The van der Waals surface area contributed by atoms with Gasteiger partial charge in [0.15, 0.2) is 0 Å². The van der Waals surface area contributed by atoms with Gasteiger partial charge in [-0.15, -0.1) is 4.52 Å². The summed E-state index contributed by atoms with van der Waals surface area (Å²) in [5.41, 5.74) is -1.85. The molecule has 0 aliphatic rings. The lowest BCUT2D eigenvalue weighted by atomic mass is 10.0. The van der Waals surface area contributed by atoms with Crippen LogP contribution < -0.4 is 0 Å². The number of unbranched alkanes of at least 4 members (excludes halogenated alkanes) is 15. The molecule has 0 saturated heterocycles. The molecule has 4 atom stereocenters. The molecule has 210 valence electrons. The smallest absolute Gasteiger partial charge is 0.379 e. The summed E-state index contributed by atoms with van der Waals surface area (Å²) < 4.78 is 49.5. The number of methoxy groups -OCH3 is 1. The molecule has 0 rings (SSSR count). The van der Waals surface area contributed by atoms with E-state index in [4.69, 9.17) is 18.5 Å². The maximum atomic E-state index is 12.5. The summed E-state index contributed by atoms with van der Waals surface area (Å²) in [5.74, 6) is 0. The Labute approximate surface area is 215 Å². The predicted molar refractivity (Wildman–Crippen MR) is 142 cm³/mol. The van der Waals surface area contributed by atoms with E-state index in [-0.39, 0.29) is 13.2 Å². The van der Waals surface area contributed by atoms with Gasteiger partial charge in [0.05, 0.1) is 20.3 Å². The fraction of sp³-hybridized carbons (Fsp3) is 1.00. The molecule has 0 aliphatic heterocycles. The van der Waals surface area contributed by atoms with Gasteiger partial charge >= 0.3 is 21.2 Å². The fourth-order valence-corrected chi connectivity index (χ4v) is 6.44. The summed E-state index contributed by atoms with van der Waals surface area (Å²) in [6.07, 6.45) is 20.8. The minimum Gasteiger partial charge on any atom is -0.379 e. The highest BCUT2D eigenvalue weighted by Crippen LogP contribution is 2.59. The number of hydrogen-bond donors (Lipinski definition) is 1. The van der Waals surface area contributed by atoms with E-state index in [1.165, 1.54) is 97.0 Å². The molecule has 0 radical (unpaired) electrons. The Morgan fingerprint density at radius 1 is 0.743 bits per heavy atom. The maximum absolute atomic E-state index is 12.5. The number of rotatable bonds is 27. The van der Waals surface area contributed by atoms with Crippen molar-refractivity contribution < 1.29 is 37.3 Å². The Hall–Kier alpha value is 0.0900. The van der Waals surface area contributed by atoms with Crippen LogP contribution in [0.2, 0.25) is 0 Å². The second-order valence-corrected chi connectivity index (χ2v) is 13.1. The molecule has 0 saturated carbocycles. The van der Waals surface area contributed by atoms with Crippen molar-refractivity contribution in [2.75, 3.05) is 41.2 Å². The quantitative estimate of drug-likeness (QED) is 0.0827. The molecule has 0 aromatic carbocycles. The molecule has 1 N–H and O–H groups in total. The summed E-state index contributed by atoms with van der Waals surface area (Å²) in [5, 5.41) is 9.87. The molecule has 0 aromatic rings. The number of aliphatic hydroxyl groups is 1. The molecule has 0 fully saturated rings. The van der Waals surface area contributed by atoms with Gasteiger partial charge in [0.1, 0.15) is 6.10 Å². The summed E-state index contributed by atoms with van der Waals surface area (Å²) >= 11 is 0. The molecular weight excluding hydrogens is 490 g/mol. The molecule has 0 bridgehead atoms. The lowest BCUT2D eigenvalue weighted by Gasteiger charge is -2.19. The first-order valence-corrected chi connectivity index (χ1v) is 16.4. The maximum Gasteiger partial charge on any atom is 0.553 e. The third-order valence-electron chi connectivity index (χ3n) is 6.13. The first-order valence-electron chi connectivity index (χ1n) is 13.5. The van der Waals surface area contributed by atoms with Crippen molar-refractivity contribution in [3.05, 3.63) is 0 Å². The molecule has 0 amide bonds. The van der Waals surface area contributed by atoms with Gasteiger partial charge in [-0.2, -0.15) is 0 Å². The van der Waals surface area contributed by atoms with E-state index in [9.17, 15) is 14.2 Å². The van der Waals surface area contributed by atoms with Gasteiger partial charge in [0.2, 0.25) is 0 Å². The predicted octanol–water partition coefficient (Wildman–Crippen LogP) is 7.80. The summed E-state index contributed by atoms with van der Waals surface area (Å²) in [6.45, 7) is 3.04. The summed E-state index contributed by atoms with van der Waals surface area (Å²) in [7, 11) is -2.81. The lowest BCUT2D eigenvalue weighted by Crippen LogP contribution is -2.25. The van der Waals surface area contributed by atoms with E-state index in [1.807, 2.05) is 0 Å². The molecule has 0 heterocycles. The van der Waals surface area contributed by atoms with Crippen molar-refractivity contribution in [1.82, 2.24) is 0 Å². The standard InChI is InChI=1S/C25H53O8P2/c1-5-6-7-8-9-10-11-12-13-14-15-16-17-18-19-20-21-32-22-24(29-2)23-33-35(28,31-4)25(26)34(27)30-3/h24-26H,5-23H2,1-4H3/q+1/t24-,25?,35?/m1/s1. The van der Waals surface area contributed by atoms with E-state index >= 15 is 0 Å². The number of aliphatic hydroxyl groups excluding tert-OH is 1. The van der Waals surface area contributed by atoms with Gasteiger partial charge in [0.25, 0.3) is 0 Å². The monoisotopic (exact) mass is 543 g/mol. The van der Waals surface area contributed by atoms with Crippen molar-refractivity contribution >= 4 is 15.6 Å². The molecule has 0 aromatic heterocycles. The molecule has 35 heavy (non-hydrogen) atoms. The minimum atomic E-state index is -4.00. The van der Waals surface area contributed by atoms with Gasteiger partial charge in [0, 0.05) is 20.8 Å². The normalized spacial score (nSPS) is 15.6. The minimum absolute atomic E-state index is 0.121. The van der Waals surface area contributed by atoms with Gasteiger partial charge < -0.3 is 23.6 Å². The van der Waals surface area contributed by atoms with Crippen LogP contribution in [-0.4, -0.2) is 57.9 Å². The third-order valence-corrected chi connectivity index (χ3v) is 9.86. The zero-order chi connectivity index (χ0) is 26.2. The molecular formula is C25H53O8P2+. The first kappa shape index (κ1) is 35.1. The van der Waals surface area contributed by atoms with Gasteiger partial charge in [-0.3, -0.25) is 4.57 Å². The number of hydrogen-bond acceptors (Lipinski definition) is 8. The van der Waals surface area contributed by atoms with Crippen LogP contribution in [0.4, 0.5) is 0 Å². The second kappa shape index (κ2) is 24.4. The lowest BCUT2D eigenvalue weighted by molar-refractivity contribution is -0.0187. The summed E-state index contributed by atoms with van der Waals surface area (Å²) in [4.78, 5) is 0. The van der Waals surface area contributed by atoms with Crippen LogP contribution in [0.25, 0.3) is 0 Å². The van der Waals surface area contributed by atoms with Crippen LogP contribution in [0.3, 0.4) is 0 Å². The van der Waals surface area contributed by atoms with Crippen LogP contribution in [-0.2, 0) is 32.2 Å². The van der Waals surface area contributed by atoms with Crippen LogP contribution in [0.5, 0.6) is 0 Å². The average molecular weight is 544 g/mol. The van der Waals surface area contributed by atoms with E-state index in [0.717, 1.165) is 27.1 Å². The molecule has 0 spiro atoms. The van der Waals surface area contributed by atoms with Crippen molar-refractivity contribution in [3.8, 4) is 0 Å². The molecule has 8 nitrogen and oxygen atoms in total. The van der Waals surface area contributed by atoms with Gasteiger partial charge in [-0.25, -0.2) is 0 Å². The fourth-order valence-electron chi connectivity index (χ4n) is 3.76. The van der Waals surface area contributed by atoms with E-state index in [2.05, 4.69) is 11.4 Å². The Morgan fingerprint density at radius 3 is 1.60 bits per heavy atom. The summed E-state index contributed by atoms with van der Waals surface area (Å²) in [6, 6.07) is 0. The average Bonchev–Trinajstić information content (AvgIpc) is 2.88. The van der Waals surface area contributed by atoms with Crippen LogP contribution in [0, 0.1) is 0 Å². The first-order chi connectivity index (χ1) is 16.9. The van der Waals surface area contributed by atoms with Gasteiger partial charge in [-0.1, -0.05) is 103 Å². The van der Waals surface area contributed by atoms with Crippen molar-refractivity contribution in [2.24, 2.45) is 0 Å². The topological polar surface area (TPSA) is 101 Å². The highest BCUT2D eigenvalue weighted by molar-refractivity contribution is 7.66. The van der Waals surface area contributed by atoms with Crippen molar-refractivity contribution in [1.29, 1.82) is 0 Å². The molecule has 3 unspecified atom stereocenters. The third kappa shape index (κ3) is 18.9. The highest BCUT2D eigenvalue weighted by atomic mass is 31.2. The van der Waals surface area contributed by atoms with E-state index in [1.54, 1.807) is 0 Å². The number of ether oxygens (including phenoxy) is 2. The largest absolute Gasteiger partial charge is 0.553 e. The van der Waals surface area contributed by atoms with Crippen LogP contribution >= 0.6 is 15.6 Å². The van der Waals surface area contributed by atoms with E-state index < -0.39 is 27.3 Å². The molecule has 10 heteroatoms. The SMILES string of the molecule is CCCCCCCCCCCCCCCCCCOC[C@H](COP(=O)(OC)C(O)[P+](=O)OC)OC. The Kier molecular flexibility index (Phi) is 24.5. The Balaban J connectivity index is 3.62. The zero-order valence-electron chi connectivity index (χ0n) is 22.8. The van der Waals surface area contributed by atoms with Crippen molar-refractivity contribution in [3.63, 3.8) is 0 Å². The Morgan fingerprint density at radius 2 is 1.20 bits per heavy atom. The second-order valence-electron chi connectivity index (χ2n) is 9.07. The zero-order valence-corrected chi connectivity index (χ0v) is 24.6. The van der Waals surface area contributed by atoms with Gasteiger partial charge in [-0.05, 0) is 11.0 Å². The Bertz CT molecular complexity index is 536. The van der Waals surface area contributed by atoms with Crippen LogP contribution in [0.1, 0.15) is 110 Å². The highest BCUT2D eigenvalue weighted by Gasteiger charge is 2.50.